The number of amides is 1. The lowest BCUT2D eigenvalue weighted by molar-refractivity contribution is -0.384. The minimum atomic E-state index is -0.588. The van der Waals surface area contributed by atoms with Crippen LogP contribution in [0.1, 0.15) is 17.3 Å². The number of carbonyl (C=O) groups is 1. The quantitative estimate of drug-likeness (QED) is 0.399. The Kier molecular flexibility index (Phi) is 5.42. The number of para-hydroxylation sites is 1. The van der Waals surface area contributed by atoms with E-state index in [9.17, 15) is 14.9 Å². The van der Waals surface area contributed by atoms with Gasteiger partial charge in [0.1, 0.15) is 5.69 Å². The number of hydrogen-bond acceptors (Lipinski definition) is 6. The fraction of sp³-hybridized carbons (Fsp3) is 0.417. The Labute approximate surface area is 117 Å². The van der Waals surface area contributed by atoms with Crippen LogP contribution in [-0.2, 0) is 0 Å². The number of nitrogens with zero attached hydrogens (tertiary/aromatic N) is 2. The summed E-state index contributed by atoms with van der Waals surface area (Å²) in [5, 5.41) is 13.7. The van der Waals surface area contributed by atoms with Crippen molar-refractivity contribution >= 4 is 17.3 Å². The molecule has 0 heterocycles. The van der Waals surface area contributed by atoms with Gasteiger partial charge in [0.15, 0.2) is 0 Å². The lowest BCUT2D eigenvalue weighted by Crippen LogP contribution is -2.39. The van der Waals surface area contributed by atoms with Gasteiger partial charge in [-0.25, -0.2) is 0 Å². The maximum absolute atomic E-state index is 12.1. The maximum Gasteiger partial charge on any atom is 0.294 e. The summed E-state index contributed by atoms with van der Waals surface area (Å²) in [6.45, 7) is 2.51. The number of rotatable bonds is 6. The van der Waals surface area contributed by atoms with Gasteiger partial charge in [-0.2, -0.15) is 0 Å². The Morgan fingerprint density at radius 2 is 2.15 bits per heavy atom. The molecular formula is C12H19N5O3. The molecule has 0 radical (unpaired) electrons. The van der Waals surface area contributed by atoms with Gasteiger partial charge in [-0.15, -0.1) is 0 Å². The first-order valence-corrected chi connectivity index (χ1v) is 6.06. The molecule has 20 heavy (non-hydrogen) atoms. The fourth-order valence-electron chi connectivity index (χ4n) is 1.93. The molecule has 110 valence electrons. The van der Waals surface area contributed by atoms with Crippen molar-refractivity contribution in [3.05, 3.63) is 33.9 Å². The lowest BCUT2D eigenvalue weighted by atomic mass is 10.1. The SMILES string of the molecule is CC(CN(C)C)NC(=O)c1cccc([N+](=O)[O-])c1NN. The Morgan fingerprint density at radius 1 is 1.50 bits per heavy atom. The van der Waals surface area contributed by atoms with Crippen LogP contribution in [0.5, 0.6) is 0 Å². The van der Waals surface area contributed by atoms with Crippen LogP contribution in [0.15, 0.2) is 18.2 Å². The van der Waals surface area contributed by atoms with E-state index in [0.717, 1.165) is 0 Å². The average Bonchev–Trinajstić information content (AvgIpc) is 2.36. The van der Waals surface area contributed by atoms with Gasteiger partial charge in [0.2, 0.25) is 0 Å². The highest BCUT2D eigenvalue weighted by molar-refractivity contribution is 6.01. The number of likely N-dealkylation sites (N-methyl/N-ethyl adjacent to an activating group) is 1. The zero-order chi connectivity index (χ0) is 15.3. The fourth-order valence-corrected chi connectivity index (χ4v) is 1.93. The van der Waals surface area contributed by atoms with Gasteiger partial charge in [-0.3, -0.25) is 20.8 Å². The third-order valence-corrected chi connectivity index (χ3v) is 2.64. The number of hydrazine groups is 1. The molecular weight excluding hydrogens is 262 g/mol. The second-order valence-electron chi connectivity index (χ2n) is 4.74. The van der Waals surface area contributed by atoms with Gasteiger partial charge < -0.3 is 15.6 Å². The second kappa shape index (κ2) is 6.83. The normalized spacial score (nSPS) is 12.1. The molecule has 0 aromatic heterocycles. The maximum atomic E-state index is 12.1. The number of nitro groups is 1. The van der Waals surface area contributed by atoms with Crippen molar-refractivity contribution in [1.29, 1.82) is 0 Å². The van der Waals surface area contributed by atoms with Crippen molar-refractivity contribution < 1.29 is 9.72 Å². The Bertz CT molecular complexity index is 504. The largest absolute Gasteiger partial charge is 0.348 e. The van der Waals surface area contributed by atoms with Gasteiger partial charge in [0.25, 0.3) is 11.6 Å². The van der Waals surface area contributed by atoms with Crippen LogP contribution in [0.3, 0.4) is 0 Å². The standard InChI is InChI=1S/C12H19N5O3/c1-8(7-16(2)3)14-12(18)9-5-4-6-10(17(19)20)11(9)15-13/h4-6,8,15H,7,13H2,1-3H3,(H,14,18). The zero-order valence-electron chi connectivity index (χ0n) is 11.7. The molecule has 0 bridgehead atoms. The van der Waals surface area contributed by atoms with Crippen LogP contribution >= 0.6 is 0 Å². The third kappa shape index (κ3) is 3.90. The summed E-state index contributed by atoms with van der Waals surface area (Å²) >= 11 is 0. The van der Waals surface area contributed by atoms with Crippen molar-refractivity contribution in [2.45, 2.75) is 13.0 Å². The summed E-state index contributed by atoms with van der Waals surface area (Å²) in [5.74, 6) is 4.89. The average molecular weight is 281 g/mol. The van der Waals surface area contributed by atoms with E-state index in [1.54, 1.807) is 0 Å². The van der Waals surface area contributed by atoms with E-state index in [0.29, 0.717) is 6.54 Å². The van der Waals surface area contributed by atoms with Crippen LogP contribution in [0.4, 0.5) is 11.4 Å². The molecule has 1 aromatic rings. The van der Waals surface area contributed by atoms with Crippen molar-refractivity contribution in [2.75, 3.05) is 26.1 Å². The number of hydrogen-bond donors (Lipinski definition) is 3. The summed E-state index contributed by atoms with van der Waals surface area (Å²) in [7, 11) is 3.78. The van der Waals surface area contributed by atoms with E-state index in [2.05, 4.69) is 10.7 Å². The van der Waals surface area contributed by atoms with Crippen molar-refractivity contribution in [1.82, 2.24) is 10.2 Å². The van der Waals surface area contributed by atoms with Gasteiger partial charge in [0, 0.05) is 18.7 Å². The van der Waals surface area contributed by atoms with Crippen molar-refractivity contribution in [3.8, 4) is 0 Å². The first kappa shape index (κ1) is 15.9. The van der Waals surface area contributed by atoms with Crippen LogP contribution < -0.4 is 16.6 Å². The number of carbonyl (C=O) groups excluding carboxylic acids is 1. The highest BCUT2D eigenvalue weighted by atomic mass is 16.6. The molecule has 0 spiro atoms. The number of nitrogens with one attached hydrogen (secondary N) is 2. The van der Waals surface area contributed by atoms with Gasteiger partial charge in [-0.05, 0) is 27.1 Å². The van der Waals surface area contributed by atoms with E-state index >= 15 is 0 Å². The summed E-state index contributed by atoms with van der Waals surface area (Å²) in [6, 6.07) is 4.13. The zero-order valence-corrected chi connectivity index (χ0v) is 11.7. The number of nitrogens with two attached hydrogens (primary N) is 1. The first-order chi connectivity index (χ1) is 9.36. The molecule has 8 nitrogen and oxygen atoms in total. The Morgan fingerprint density at radius 3 is 2.65 bits per heavy atom. The van der Waals surface area contributed by atoms with Crippen LogP contribution in [0.2, 0.25) is 0 Å². The summed E-state index contributed by atoms with van der Waals surface area (Å²) in [4.78, 5) is 24.4. The predicted octanol–water partition coefficient (Wildman–Crippen LogP) is 0.560. The van der Waals surface area contributed by atoms with Crippen molar-refractivity contribution in [2.24, 2.45) is 5.84 Å². The van der Waals surface area contributed by atoms with E-state index in [-0.39, 0.29) is 23.0 Å². The summed E-state index contributed by atoms with van der Waals surface area (Å²) in [6.07, 6.45) is 0. The Hall–Kier alpha value is -2.19. The molecule has 0 saturated heterocycles. The molecule has 1 amide bonds. The number of nitrogen functional groups attached to an aromatic ring is 1. The first-order valence-electron chi connectivity index (χ1n) is 6.06. The highest BCUT2D eigenvalue weighted by Crippen LogP contribution is 2.27. The van der Waals surface area contributed by atoms with E-state index in [1.165, 1.54) is 18.2 Å². The predicted molar refractivity (Wildman–Crippen MR) is 76.4 cm³/mol. The molecule has 1 aromatic carbocycles. The smallest absolute Gasteiger partial charge is 0.294 e. The van der Waals surface area contributed by atoms with Crippen molar-refractivity contribution in [3.63, 3.8) is 0 Å². The minimum Gasteiger partial charge on any atom is -0.348 e. The second-order valence-corrected chi connectivity index (χ2v) is 4.74. The molecule has 1 atom stereocenters. The lowest BCUT2D eigenvalue weighted by Gasteiger charge is -2.19. The molecule has 0 fully saturated rings. The number of benzene rings is 1. The number of anilines is 1. The van der Waals surface area contributed by atoms with E-state index in [1.807, 2.05) is 25.9 Å². The molecule has 4 N–H and O–H groups in total. The molecule has 1 unspecified atom stereocenters. The van der Waals surface area contributed by atoms with Crippen LogP contribution in [0, 0.1) is 10.1 Å². The highest BCUT2D eigenvalue weighted by Gasteiger charge is 2.21. The molecule has 0 aliphatic heterocycles. The molecule has 0 saturated carbocycles. The third-order valence-electron chi connectivity index (χ3n) is 2.64. The topological polar surface area (TPSA) is 114 Å². The van der Waals surface area contributed by atoms with Gasteiger partial charge >= 0.3 is 0 Å². The molecule has 8 heteroatoms. The van der Waals surface area contributed by atoms with Gasteiger partial charge in [0.05, 0.1) is 10.5 Å². The van der Waals surface area contributed by atoms with E-state index < -0.39 is 10.8 Å². The Balaban J connectivity index is 2.98. The monoisotopic (exact) mass is 281 g/mol. The summed E-state index contributed by atoms with van der Waals surface area (Å²) < 4.78 is 0. The minimum absolute atomic E-state index is 0.00653. The van der Waals surface area contributed by atoms with Crippen LogP contribution in [-0.4, -0.2) is 42.4 Å². The molecule has 0 aliphatic carbocycles. The van der Waals surface area contributed by atoms with Gasteiger partial charge in [-0.1, -0.05) is 6.07 Å². The van der Waals surface area contributed by atoms with E-state index in [4.69, 9.17) is 5.84 Å². The molecule has 0 aliphatic rings. The summed E-state index contributed by atoms with van der Waals surface area (Å²) in [5.41, 5.74) is 2.14. The van der Waals surface area contributed by atoms with Crippen LogP contribution in [0.25, 0.3) is 0 Å². The molecule has 1 rings (SSSR count). The number of nitro benzene ring substituents is 1.